The van der Waals surface area contributed by atoms with Crippen molar-refractivity contribution in [2.75, 3.05) is 13.7 Å². The van der Waals surface area contributed by atoms with Crippen molar-refractivity contribution in [3.05, 3.63) is 23.8 Å². The number of hydrogen-bond donors (Lipinski definition) is 3. The summed E-state index contributed by atoms with van der Waals surface area (Å²) >= 11 is 0. The third-order valence-electron chi connectivity index (χ3n) is 3.13. The van der Waals surface area contributed by atoms with Crippen LogP contribution in [0, 0.1) is 5.92 Å². The standard InChI is InChI=1S/C16H25N3O4.ClH/c1-10(2)6-12(17)16(21)19-8-11-4-5-13(14(7-11)22-3)23-9-15(18)20;/h4-5,7,10,12H,6,8-9,17H2,1-3H3,(H2,18,20)(H,19,21);1H/t12-;/m0./s1. The van der Waals surface area contributed by atoms with E-state index in [-0.39, 0.29) is 24.9 Å². The van der Waals surface area contributed by atoms with Gasteiger partial charge < -0.3 is 26.3 Å². The quantitative estimate of drug-likeness (QED) is 0.607. The van der Waals surface area contributed by atoms with E-state index in [0.29, 0.717) is 30.4 Å². The molecule has 0 aromatic heterocycles. The van der Waals surface area contributed by atoms with Crippen LogP contribution in [0.2, 0.25) is 0 Å². The Bertz CT molecular complexity index is 552. The van der Waals surface area contributed by atoms with E-state index < -0.39 is 11.9 Å². The van der Waals surface area contributed by atoms with Crippen LogP contribution in [0.3, 0.4) is 0 Å². The molecule has 2 amide bonds. The Morgan fingerprint density at radius 2 is 1.92 bits per heavy atom. The first-order valence-electron chi connectivity index (χ1n) is 7.44. The number of methoxy groups -OCH3 is 1. The van der Waals surface area contributed by atoms with Crippen molar-refractivity contribution in [3.8, 4) is 11.5 Å². The number of nitrogens with two attached hydrogens (primary N) is 2. The SMILES string of the molecule is COc1cc(CNC(=O)[C@@H](N)CC(C)C)ccc1OCC(N)=O.Cl. The van der Waals surface area contributed by atoms with Crippen LogP contribution in [0.4, 0.5) is 0 Å². The number of carbonyl (C=O) groups excluding carboxylic acids is 2. The van der Waals surface area contributed by atoms with Gasteiger partial charge in [-0.2, -0.15) is 0 Å². The average Bonchev–Trinajstić information content (AvgIpc) is 2.49. The lowest BCUT2D eigenvalue weighted by Gasteiger charge is -2.15. The summed E-state index contributed by atoms with van der Waals surface area (Å²) in [6.07, 6.45) is 0.634. The molecule has 0 unspecified atom stereocenters. The molecule has 8 heteroatoms. The van der Waals surface area contributed by atoms with Crippen LogP contribution in [0.25, 0.3) is 0 Å². The zero-order valence-electron chi connectivity index (χ0n) is 14.2. The first-order chi connectivity index (χ1) is 10.8. The molecule has 0 saturated carbocycles. The van der Waals surface area contributed by atoms with Crippen molar-refractivity contribution in [1.29, 1.82) is 0 Å². The first-order valence-corrected chi connectivity index (χ1v) is 7.44. The number of benzene rings is 1. The van der Waals surface area contributed by atoms with Gasteiger partial charge in [0.15, 0.2) is 18.1 Å². The minimum absolute atomic E-state index is 0. The van der Waals surface area contributed by atoms with Crippen molar-refractivity contribution in [1.82, 2.24) is 5.32 Å². The highest BCUT2D eigenvalue weighted by molar-refractivity contribution is 5.85. The molecular formula is C16H26ClN3O4. The van der Waals surface area contributed by atoms with Gasteiger partial charge in [-0.3, -0.25) is 9.59 Å². The summed E-state index contributed by atoms with van der Waals surface area (Å²) in [6.45, 7) is 4.14. The molecule has 1 aromatic carbocycles. The van der Waals surface area contributed by atoms with Crippen LogP contribution in [0.1, 0.15) is 25.8 Å². The predicted molar refractivity (Wildman–Crippen MR) is 94.2 cm³/mol. The molecule has 0 fully saturated rings. The monoisotopic (exact) mass is 359 g/mol. The molecule has 136 valence electrons. The van der Waals surface area contributed by atoms with E-state index in [4.69, 9.17) is 20.9 Å². The highest BCUT2D eigenvalue weighted by Gasteiger charge is 2.15. The molecule has 0 spiro atoms. The number of hydrogen-bond acceptors (Lipinski definition) is 5. The smallest absolute Gasteiger partial charge is 0.255 e. The van der Waals surface area contributed by atoms with Crippen LogP contribution >= 0.6 is 12.4 Å². The van der Waals surface area contributed by atoms with E-state index in [1.165, 1.54) is 7.11 Å². The van der Waals surface area contributed by atoms with Gasteiger partial charge in [0.05, 0.1) is 13.2 Å². The molecule has 1 aromatic rings. The lowest BCUT2D eigenvalue weighted by atomic mass is 10.0. The fraction of sp³-hybridized carbons (Fsp3) is 0.500. The molecule has 0 aliphatic rings. The number of nitrogens with one attached hydrogen (secondary N) is 1. The molecule has 7 nitrogen and oxygen atoms in total. The second kappa shape index (κ2) is 10.7. The van der Waals surface area contributed by atoms with E-state index in [1.807, 2.05) is 13.8 Å². The van der Waals surface area contributed by atoms with E-state index in [1.54, 1.807) is 18.2 Å². The first kappa shape index (κ1) is 22.0. The molecule has 24 heavy (non-hydrogen) atoms. The highest BCUT2D eigenvalue weighted by Crippen LogP contribution is 2.27. The van der Waals surface area contributed by atoms with Crippen LogP contribution in [-0.2, 0) is 16.1 Å². The summed E-state index contributed by atoms with van der Waals surface area (Å²) in [5, 5.41) is 2.79. The molecule has 1 rings (SSSR count). The Kier molecular flexibility index (Phi) is 9.83. The number of primary amides is 1. The molecule has 0 heterocycles. The van der Waals surface area contributed by atoms with Crippen molar-refractivity contribution in [2.45, 2.75) is 32.9 Å². The molecule has 5 N–H and O–H groups in total. The summed E-state index contributed by atoms with van der Waals surface area (Å²) in [7, 11) is 1.49. The lowest BCUT2D eigenvalue weighted by Crippen LogP contribution is -2.41. The van der Waals surface area contributed by atoms with Gasteiger partial charge in [0.1, 0.15) is 0 Å². The van der Waals surface area contributed by atoms with Gasteiger partial charge >= 0.3 is 0 Å². The van der Waals surface area contributed by atoms with E-state index in [2.05, 4.69) is 5.32 Å². The Hall–Kier alpha value is -1.99. The van der Waals surface area contributed by atoms with Gasteiger partial charge in [0, 0.05) is 6.54 Å². The van der Waals surface area contributed by atoms with Crippen molar-refractivity contribution in [3.63, 3.8) is 0 Å². The van der Waals surface area contributed by atoms with Crippen molar-refractivity contribution in [2.24, 2.45) is 17.4 Å². The summed E-state index contributed by atoms with van der Waals surface area (Å²) < 4.78 is 10.5. The second-order valence-corrected chi connectivity index (χ2v) is 5.69. The third kappa shape index (κ3) is 7.52. The molecular weight excluding hydrogens is 334 g/mol. The fourth-order valence-electron chi connectivity index (χ4n) is 2.03. The molecule has 0 aliphatic carbocycles. The van der Waals surface area contributed by atoms with Gasteiger partial charge in [-0.05, 0) is 30.0 Å². The Balaban J connectivity index is 0.00000529. The predicted octanol–water partition coefficient (Wildman–Crippen LogP) is 0.971. The van der Waals surface area contributed by atoms with Gasteiger partial charge in [0.25, 0.3) is 5.91 Å². The van der Waals surface area contributed by atoms with Gasteiger partial charge in [0.2, 0.25) is 5.91 Å². The molecule has 0 bridgehead atoms. The fourth-order valence-corrected chi connectivity index (χ4v) is 2.03. The van der Waals surface area contributed by atoms with E-state index in [0.717, 1.165) is 5.56 Å². The second-order valence-electron chi connectivity index (χ2n) is 5.69. The molecule has 0 aliphatic heterocycles. The van der Waals surface area contributed by atoms with Gasteiger partial charge in [-0.15, -0.1) is 12.4 Å². The minimum Gasteiger partial charge on any atom is -0.493 e. The average molecular weight is 360 g/mol. The maximum atomic E-state index is 11.9. The van der Waals surface area contributed by atoms with Gasteiger partial charge in [-0.1, -0.05) is 19.9 Å². The zero-order chi connectivity index (χ0) is 17.4. The Morgan fingerprint density at radius 1 is 1.25 bits per heavy atom. The van der Waals surface area contributed by atoms with Crippen LogP contribution in [0.5, 0.6) is 11.5 Å². The minimum atomic E-state index is -0.567. The topological polar surface area (TPSA) is 117 Å². The number of ether oxygens (including phenoxy) is 2. The lowest BCUT2D eigenvalue weighted by molar-refractivity contribution is -0.123. The number of halogens is 1. The van der Waals surface area contributed by atoms with Crippen molar-refractivity contribution >= 4 is 24.2 Å². The summed E-state index contributed by atoms with van der Waals surface area (Å²) in [4.78, 5) is 22.7. The Labute approximate surface area is 148 Å². The zero-order valence-corrected chi connectivity index (χ0v) is 15.0. The summed E-state index contributed by atoms with van der Waals surface area (Å²) in [5.74, 6) is 0.481. The number of amides is 2. The molecule has 0 radical (unpaired) electrons. The van der Waals surface area contributed by atoms with Crippen molar-refractivity contribution < 1.29 is 19.1 Å². The normalized spacial score (nSPS) is 11.4. The number of rotatable bonds is 9. The van der Waals surface area contributed by atoms with E-state index >= 15 is 0 Å². The summed E-state index contributed by atoms with van der Waals surface area (Å²) in [5.41, 5.74) is 11.7. The highest BCUT2D eigenvalue weighted by atomic mass is 35.5. The van der Waals surface area contributed by atoms with Crippen LogP contribution in [-0.4, -0.2) is 31.6 Å². The molecule has 1 atom stereocenters. The van der Waals surface area contributed by atoms with Crippen LogP contribution < -0.4 is 26.3 Å². The number of carbonyl (C=O) groups is 2. The maximum Gasteiger partial charge on any atom is 0.255 e. The van der Waals surface area contributed by atoms with Crippen LogP contribution in [0.15, 0.2) is 18.2 Å². The third-order valence-corrected chi connectivity index (χ3v) is 3.13. The maximum absolute atomic E-state index is 11.9. The van der Waals surface area contributed by atoms with E-state index in [9.17, 15) is 9.59 Å². The molecule has 0 saturated heterocycles. The van der Waals surface area contributed by atoms with Gasteiger partial charge in [-0.25, -0.2) is 0 Å². The summed E-state index contributed by atoms with van der Waals surface area (Å²) in [6, 6.07) is 4.64. The Morgan fingerprint density at radius 3 is 2.46 bits per heavy atom. The largest absolute Gasteiger partial charge is 0.493 e.